The second-order valence-corrected chi connectivity index (χ2v) is 2.66. The van der Waals surface area contributed by atoms with Gasteiger partial charge in [-0.15, -0.1) is 12.4 Å². The van der Waals surface area contributed by atoms with Crippen LogP contribution in [0.1, 0.15) is 6.42 Å². The number of carbonyl (C=O) groups is 1. The first-order chi connectivity index (χ1) is 4.70. The van der Waals surface area contributed by atoms with Crippen LogP contribution in [0.2, 0.25) is 0 Å². The number of rotatable bonds is 2. The lowest BCUT2D eigenvalue weighted by Crippen LogP contribution is -2.24. The highest BCUT2D eigenvalue weighted by Gasteiger charge is 2.25. The fourth-order valence-electron chi connectivity index (χ4n) is 1.19. The van der Waals surface area contributed by atoms with E-state index in [4.69, 9.17) is 10.8 Å². The van der Waals surface area contributed by atoms with E-state index in [0.29, 0.717) is 13.1 Å². The van der Waals surface area contributed by atoms with Crippen molar-refractivity contribution in [3.8, 4) is 0 Å². The molecule has 4 N–H and O–H groups in total. The van der Waals surface area contributed by atoms with E-state index in [1.54, 1.807) is 0 Å². The lowest BCUT2D eigenvalue weighted by Gasteiger charge is -2.09. The molecule has 0 aliphatic carbocycles. The molecule has 2 atom stereocenters. The Morgan fingerprint density at radius 2 is 2.27 bits per heavy atom. The van der Waals surface area contributed by atoms with Gasteiger partial charge in [-0.25, -0.2) is 0 Å². The number of hydrogen-bond donors (Lipinski definition) is 3. The average molecular weight is 181 g/mol. The summed E-state index contributed by atoms with van der Waals surface area (Å²) in [6, 6.07) is 0. The van der Waals surface area contributed by atoms with Gasteiger partial charge in [0, 0.05) is 25.4 Å². The van der Waals surface area contributed by atoms with Crippen molar-refractivity contribution in [2.75, 3.05) is 13.1 Å². The smallest absolute Gasteiger partial charge is 0.217 e. The van der Waals surface area contributed by atoms with E-state index in [1.807, 2.05) is 0 Å². The fourth-order valence-corrected chi connectivity index (χ4v) is 1.19. The summed E-state index contributed by atoms with van der Waals surface area (Å²) in [5.41, 5.74) is 4.96. The highest BCUT2D eigenvalue weighted by atomic mass is 35.5. The SMILES string of the molecule is Cl.NC(=O)C[C@@H]1CNC[C@H]1O. The number of halogens is 1. The number of aliphatic hydroxyl groups is 1. The van der Waals surface area contributed by atoms with Crippen molar-refractivity contribution < 1.29 is 9.90 Å². The van der Waals surface area contributed by atoms with E-state index in [9.17, 15) is 4.79 Å². The van der Waals surface area contributed by atoms with Crippen molar-refractivity contribution in [1.29, 1.82) is 0 Å². The number of amides is 1. The Morgan fingerprint density at radius 1 is 1.64 bits per heavy atom. The predicted molar refractivity (Wildman–Crippen MR) is 43.4 cm³/mol. The third kappa shape index (κ3) is 3.05. The first-order valence-corrected chi connectivity index (χ1v) is 3.37. The van der Waals surface area contributed by atoms with Gasteiger partial charge in [-0.3, -0.25) is 4.79 Å². The van der Waals surface area contributed by atoms with E-state index < -0.39 is 6.10 Å². The lowest BCUT2D eigenvalue weighted by molar-refractivity contribution is -0.119. The van der Waals surface area contributed by atoms with Crippen molar-refractivity contribution in [2.45, 2.75) is 12.5 Å². The Hall–Kier alpha value is -0.320. The van der Waals surface area contributed by atoms with Crippen molar-refractivity contribution >= 4 is 18.3 Å². The monoisotopic (exact) mass is 180 g/mol. The number of aliphatic hydroxyl groups excluding tert-OH is 1. The van der Waals surface area contributed by atoms with Crippen LogP contribution < -0.4 is 11.1 Å². The minimum Gasteiger partial charge on any atom is -0.391 e. The molecule has 1 rings (SSSR count). The fraction of sp³-hybridized carbons (Fsp3) is 0.833. The van der Waals surface area contributed by atoms with Gasteiger partial charge in [0.25, 0.3) is 0 Å². The van der Waals surface area contributed by atoms with Gasteiger partial charge in [0.05, 0.1) is 6.10 Å². The molecule has 1 fully saturated rings. The van der Waals surface area contributed by atoms with Crippen LogP contribution in [-0.2, 0) is 4.79 Å². The number of carbonyl (C=O) groups excluding carboxylic acids is 1. The van der Waals surface area contributed by atoms with Crippen LogP contribution in [0.5, 0.6) is 0 Å². The molecular weight excluding hydrogens is 168 g/mol. The highest BCUT2D eigenvalue weighted by molar-refractivity contribution is 5.85. The Bertz CT molecular complexity index is 143. The molecular formula is C6H13ClN2O2. The maximum absolute atomic E-state index is 10.4. The third-order valence-electron chi connectivity index (χ3n) is 1.77. The molecule has 11 heavy (non-hydrogen) atoms. The molecule has 0 saturated carbocycles. The van der Waals surface area contributed by atoms with Crippen LogP contribution in [-0.4, -0.2) is 30.2 Å². The van der Waals surface area contributed by atoms with Gasteiger partial charge in [0.1, 0.15) is 0 Å². The van der Waals surface area contributed by atoms with Crippen molar-refractivity contribution in [2.24, 2.45) is 11.7 Å². The molecule has 0 bridgehead atoms. The standard InChI is InChI=1S/C6H12N2O2.ClH/c7-6(10)1-4-2-8-3-5(4)9;/h4-5,8-9H,1-3H2,(H2,7,10);1H/t4-,5-;/m1./s1. The second kappa shape index (κ2) is 4.54. The zero-order valence-electron chi connectivity index (χ0n) is 6.12. The molecule has 5 heteroatoms. The summed E-state index contributed by atoms with van der Waals surface area (Å²) in [7, 11) is 0. The number of nitrogens with one attached hydrogen (secondary N) is 1. The average Bonchev–Trinajstić information content (AvgIpc) is 2.15. The Balaban J connectivity index is 0.000001000. The van der Waals surface area contributed by atoms with E-state index >= 15 is 0 Å². The minimum absolute atomic E-state index is 0. The van der Waals surface area contributed by atoms with Crippen LogP contribution in [0.15, 0.2) is 0 Å². The van der Waals surface area contributed by atoms with Crippen molar-refractivity contribution in [3.63, 3.8) is 0 Å². The van der Waals surface area contributed by atoms with Crippen molar-refractivity contribution in [3.05, 3.63) is 0 Å². The second-order valence-electron chi connectivity index (χ2n) is 2.66. The molecule has 1 aliphatic rings. The maximum atomic E-state index is 10.4. The molecule has 0 aromatic rings. The first-order valence-electron chi connectivity index (χ1n) is 3.37. The van der Waals surface area contributed by atoms with Crippen LogP contribution in [0.3, 0.4) is 0 Å². The molecule has 1 heterocycles. The van der Waals surface area contributed by atoms with E-state index in [-0.39, 0.29) is 30.7 Å². The largest absolute Gasteiger partial charge is 0.391 e. The Labute approximate surface area is 71.6 Å². The maximum Gasteiger partial charge on any atom is 0.217 e. The van der Waals surface area contributed by atoms with Gasteiger partial charge in [0.15, 0.2) is 0 Å². The highest BCUT2D eigenvalue weighted by Crippen LogP contribution is 2.11. The zero-order chi connectivity index (χ0) is 7.56. The number of primary amides is 1. The molecule has 1 amide bonds. The molecule has 4 nitrogen and oxygen atoms in total. The number of hydrogen-bond acceptors (Lipinski definition) is 3. The summed E-state index contributed by atoms with van der Waals surface area (Å²) in [4.78, 5) is 10.4. The molecule has 1 aliphatic heterocycles. The summed E-state index contributed by atoms with van der Waals surface area (Å²) in [6.45, 7) is 1.28. The van der Waals surface area contributed by atoms with Crippen molar-refractivity contribution in [1.82, 2.24) is 5.32 Å². The minimum atomic E-state index is -0.396. The first kappa shape index (κ1) is 10.7. The molecule has 0 unspecified atom stereocenters. The summed E-state index contributed by atoms with van der Waals surface area (Å²) < 4.78 is 0. The van der Waals surface area contributed by atoms with Gasteiger partial charge in [0.2, 0.25) is 5.91 Å². The Morgan fingerprint density at radius 3 is 2.64 bits per heavy atom. The summed E-state index contributed by atoms with van der Waals surface area (Å²) in [6.07, 6.45) is -0.110. The van der Waals surface area contributed by atoms with Gasteiger partial charge < -0.3 is 16.2 Å². The number of β-amino-alcohol motifs (C(OH)–C–C–N with tert-alkyl or cyclic N) is 1. The molecule has 1 saturated heterocycles. The Kier molecular flexibility index (Phi) is 4.40. The summed E-state index contributed by atoms with van der Waals surface area (Å²) in [5.74, 6) is -0.315. The molecule has 0 radical (unpaired) electrons. The van der Waals surface area contributed by atoms with E-state index in [0.717, 1.165) is 0 Å². The quantitative estimate of drug-likeness (QED) is 0.503. The lowest BCUT2D eigenvalue weighted by atomic mass is 10.0. The van der Waals surface area contributed by atoms with Gasteiger partial charge in [-0.2, -0.15) is 0 Å². The van der Waals surface area contributed by atoms with Crippen LogP contribution in [0.25, 0.3) is 0 Å². The normalized spacial score (nSPS) is 29.5. The topological polar surface area (TPSA) is 75.4 Å². The van der Waals surface area contributed by atoms with Crippen LogP contribution in [0.4, 0.5) is 0 Å². The van der Waals surface area contributed by atoms with Gasteiger partial charge >= 0.3 is 0 Å². The van der Waals surface area contributed by atoms with Gasteiger partial charge in [-0.05, 0) is 0 Å². The molecule has 0 aromatic heterocycles. The van der Waals surface area contributed by atoms with Gasteiger partial charge in [-0.1, -0.05) is 0 Å². The molecule has 0 aromatic carbocycles. The van der Waals surface area contributed by atoms with Crippen LogP contribution >= 0.6 is 12.4 Å². The molecule has 0 spiro atoms. The molecule has 66 valence electrons. The number of nitrogens with two attached hydrogens (primary N) is 1. The van der Waals surface area contributed by atoms with Crippen LogP contribution in [0, 0.1) is 5.92 Å². The zero-order valence-corrected chi connectivity index (χ0v) is 6.93. The van der Waals surface area contributed by atoms with E-state index in [2.05, 4.69) is 5.32 Å². The third-order valence-corrected chi connectivity index (χ3v) is 1.77. The van der Waals surface area contributed by atoms with E-state index in [1.165, 1.54) is 0 Å². The summed E-state index contributed by atoms with van der Waals surface area (Å²) >= 11 is 0. The summed E-state index contributed by atoms with van der Waals surface area (Å²) in [5, 5.41) is 12.1. The predicted octanol–water partition coefficient (Wildman–Crippen LogP) is -1.14.